The maximum absolute atomic E-state index is 12.7. The Kier molecular flexibility index (Phi) is 10.4. The number of nitrogens with one attached hydrogen (secondary N) is 2. The molecule has 0 fully saturated rings. The highest BCUT2D eigenvalue weighted by Crippen LogP contribution is 2.32. The quantitative estimate of drug-likeness (QED) is 0.304. The molecular formula is C22H36N3O5+. The number of carbonyl (C=O) groups is 1. The van der Waals surface area contributed by atoms with Crippen LogP contribution >= 0.6 is 0 Å². The SMILES string of the molecule is CCOCCOC(=N[C@@H](C)CCC[NH+](CC)CC)NC(=O)c1ccc2c(c1)OCO2. The van der Waals surface area contributed by atoms with E-state index in [9.17, 15) is 4.79 Å². The van der Waals surface area contributed by atoms with E-state index in [-0.39, 0.29) is 24.8 Å². The molecule has 1 heterocycles. The normalized spacial score (nSPS) is 14.1. The van der Waals surface area contributed by atoms with Gasteiger partial charge < -0.3 is 23.8 Å². The third-order valence-electron chi connectivity index (χ3n) is 5.02. The van der Waals surface area contributed by atoms with Gasteiger partial charge in [0, 0.05) is 12.2 Å². The summed E-state index contributed by atoms with van der Waals surface area (Å²) in [6.07, 6.45) is 2.01. The van der Waals surface area contributed by atoms with Gasteiger partial charge in [0.05, 0.1) is 32.3 Å². The summed E-state index contributed by atoms with van der Waals surface area (Å²) in [6.45, 7) is 13.3. The second-order valence-electron chi connectivity index (χ2n) is 7.20. The number of carbonyl (C=O) groups excluding carboxylic acids is 1. The van der Waals surface area contributed by atoms with Crippen LogP contribution in [0.15, 0.2) is 23.2 Å². The van der Waals surface area contributed by atoms with Crippen LogP contribution in [-0.2, 0) is 9.47 Å². The molecule has 8 nitrogen and oxygen atoms in total. The van der Waals surface area contributed by atoms with Crippen LogP contribution in [0.5, 0.6) is 11.5 Å². The number of ether oxygens (including phenoxy) is 4. The van der Waals surface area contributed by atoms with Crippen LogP contribution in [0.2, 0.25) is 0 Å². The Morgan fingerprint density at radius 3 is 2.70 bits per heavy atom. The van der Waals surface area contributed by atoms with Gasteiger partial charge in [-0.1, -0.05) is 0 Å². The highest BCUT2D eigenvalue weighted by molar-refractivity contribution is 6.04. The summed E-state index contributed by atoms with van der Waals surface area (Å²) in [4.78, 5) is 18.9. The van der Waals surface area contributed by atoms with Gasteiger partial charge >= 0.3 is 0 Å². The van der Waals surface area contributed by atoms with Crippen LogP contribution in [0.4, 0.5) is 0 Å². The minimum atomic E-state index is -0.303. The lowest BCUT2D eigenvalue weighted by Crippen LogP contribution is -3.11. The molecule has 0 radical (unpaired) electrons. The number of quaternary nitrogens is 1. The molecule has 8 heteroatoms. The summed E-state index contributed by atoms with van der Waals surface area (Å²) in [5.74, 6) is 0.895. The first-order chi connectivity index (χ1) is 14.6. The molecular weight excluding hydrogens is 386 g/mol. The number of benzene rings is 1. The van der Waals surface area contributed by atoms with E-state index in [1.807, 2.05) is 13.8 Å². The van der Waals surface area contributed by atoms with E-state index >= 15 is 0 Å². The van der Waals surface area contributed by atoms with Crippen molar-refractivity contribution >= 4 is 11.9 Å². The van der Waals surface area contributed by atoms with Gasteiger partial charge in [0.1, 0.15) is 6.61 Å². The Balaban J connectivity index is 1.96. The number of amides is 1. The standard InChI is InChI=1S/C22H35N3O5/c1-5-25(6-2)12-8-9-17(4)23-22(28-14-13-27-7-3)24-21(26)18-10-11-19-20(15-18)30-16-29-19/h10-11,15,17H,5-9,12-14,16H2,1-4H3,(H,23,24,26)/p+1/t17-/m0/s1. The molecule has 0 saturated carbocycles. The van der Waals surface area contributed by atoms with Crippen molar-refractivity contribution in [3.63, 3.8) is 0 Å². The van der Waals surface area contributed by atoms with Crippen molar-refractivity contribution in [2.45, 2.75) is 46.6 Å². The fourth-order valence-electron chi connectivity index (χ4n) is 3.17. The fourth-order valence-corrected chi connectivity index (χ4v) is 3.17. The summed E-state index contributed by atoms with van der Waals surface area (Å²) in [5, 5.41) is 2.79. The predicted octanol–water partition coefficient (Wildman–Crippen LogP) is 1.65. The maximum atomic E-state index is 12.7. The molecule has 2 N–H and O–H groups in total. The van der Waals surface area contributed by atoms with Crippen LogP contribution in [-0.4, -0.2) is 64.2 Å². The summed E-state index contributed by atoms with van der Waals surface area (Å²) < 4.78 is 21.7. The summed E-state index contributed by atoms with van der Waals surface area (Å²) in [7, 11) is 0. The van der Waals surface area contributed by atoms with E-state index in [2.05, 4.69) is 24.2 Å². The molecule has 0 saturated heterocycles. The number of aliphatic imine (C=N–C) groups is 1. The van der Waals surface area contributed by atoms with E-state index in [0.29, 0.717) is 36.9 Å². The lowest BCUT2D eigenvalue weighted by molar-refractivity contribution is -0.896. The second kappa shape index (κ2) is 13.1. The first-order valence-electron chi connectivity index (χ1n) is 10.9. The van der Waals surface area contributed by atoms with Crippen LogP contribution in [0.1, 0.15) is 50.9 Å². The molecule has 1 atom stereocenters. The number of fused-ring (bicyclic) bond motifs is 1. The van der Waals surface area contributed by atoms with Crippen LogP contribution in [0.3, 0.4) is 0 Å². The Hall–Kier alpha value is -2.32. The molecule has 30 heavy (non-hydrogen) atoms. The van der Waals surface area contributed by atoms with Gasteiger partial charge in [0.25, 0.3) is 11.9 Å². The zero-order chi connectivity index (χ0) is 21.8. The van der Waals surface area contributed by atoms with E-state index < -0.39 is 0 Å². The Labute approximate surface area is 179 Å². The number of hydrogen-bond acceptors (Lipinski definition) is 6. The summed E-state index contributed by atoms with van der Waals surface area (Å²) >= 11 is 0. The molecule has 1 aromatic carbocycles. The molecule has 0 aliphatic carbocycles. The molecule has 1 aliphatic heterocycles. The first kappa shape index (κ1) is 24.0. The van der Waals surface area contributed by atoms with Gasteiger partial charge in [-0.2, -0.15) is 0 Å². The van der Waals surface area contributed by atoms with Crippen molar-refractivity contribution in [3.8, 4) is 11.5 Å². The summed E-state index contributed by atoms with van der Waals surface area (Å²) in [6, 6.07) is 5.34. The zero-order valence-corrected chi connectivity index (χ0v) is 18.7. The maximum Gasteiger partial charge on any atom is 0.292 e. The lowest BCUT2D eigenvalue weighted by Gasteiger charge is -2.17. The highest BCUT2D eigenvalue weighted by Gasteiger charge is 2.18. The van der Waals surface area contributed by atoms with Gasteiger partial charge in [-0.05, 0) is 58.7 Å². The fraction of sp³-hybridized carbons (Fsp3) is 0.636. The third-order valence-corrected chi connectivity index (χ3v) is 5.02. The third kappa shape index (κ3) is 7.84. The van der Waals surface area contributed by atoms with Crippen molar-refractivity contribution in [2.24, 2.45) is 4.99 Å². The zero-order valence-electron chi connectivity index (χ0n) is 18.7. The van der Waals surface area contributed by atoms with Crippen molar-refractivity contribution in [2.75, 3.05) is 46.2 Å². The second-order valence-corrected chi connectivity index (χ2v) is 7.20. The van der Waals surface area contributed by atoms with E-state index in [1.54, 1.807) is 23.1 Å². The van der Waals surface area contributed by atoms with E-state index in [4.69, 9.17) is 18.9 Å². The van der Waals surface area contributed by atoms with Crippen LogP contribution < -0.4 is 19.7 Å². The smallest absolute Gasteiger partial charge is 0.292 e. The molecule has 0 aromatic heterocycles. The highest BCUT2D eigenvalue weighted by atomic mass is 16.7. The minimum absolute atomic E-state index is 0.0408. The Morgan fingerprint density at radius 1 is 1.20 bits per heavy atom. The van der Waals surface area contributed by atoms with Gasteiger partial charge in [-0.25, -0.2) is 4.99 Å². The van der Waals surface area contributed by atoms with E-state index in [1.165, 1.54) is 0 Å². The molecule has 168 valence electrons. The Bertz CT molecular complexity index is 691. The number of amidine groups is 1. The van der Waals surface area contributed by atoms with Crippen LogP contribution in [0.25, 0.3) is 0 Å². The summed E-state index contributed by atoms with van der Waals surface area (Å²) in [5.41, 5.74) is 0.457. The number of nitrogens with zero attached hydrogens (tertiary/aromatic N) is 1. The lowest BCUT2D eigenvalue weighted by atomic mass is 10.2. The molecule has 1 aliphatic rings. The van der Waals surface area contributed by atoms with Gasteiger partial charge in [-0.15, -0.1) is 0 Å². The minimum Gasteiger partial charge on any atom is -0.463 e. The average molecular weight is 423 g/mol. The molecule has 0 spiro atoms. The predicted molar refractivity (Wildman–Crippen MR) is 116 cm³/mol. The van der Waals surface area contributed by atoms with Gasteiger partial charge in [0.15, 0.2) is 11.5 Å². The van der Waals surface area contributed by atoms with Crippen molar-refractivity contribution < 1.29 is 28.6 Å². The van der Waals surface area contributed by atoms with Crippen molar-refractivity contribution in [3.05, 3.63) is 23.8 Å². The topological polar surface area (TPSA) is 82.8 Å². The number of hydrogen-bond donors (Lipinski definition) is 2. The van der Waals surface area contributed by atoms with Crippen molar-refractivity contribution in [1.29, 1.82) is 0 Å². The molecule has 0 unspecified atom stereocenters. The largest absolute Gasteiger partial charge is 0.463 e. The number of rotatable bonds is 12. The van der Waals surface area contributed by atoms with E-state index in [0.717, 1.165) is 32.5 Å². The molecule has 0 bridgehead atoms. The van der Waals surface area contributed by atoms with Crippen LogP contribution in [0, 0.1) is 0 Å². The first-order valence-corrected chi connectivity index (χ1v) is 10.9. The molecule has 2 rings (SSSR count). The van der Waals surface area contributed by atoms with Gasteiger partial charge in [-0.3, -0.25) is 10.1 Å². The average Bonchev–Trinajstić information content (AvgIpc) is 3.22. The molecule has 1 amide bonds. The Morgan fingerprint density at radius 2 is 1.97 bits per heavy atom. The van der Waals surface area contributed by atoms with Gasteiger partial charge in [0.2, 0.25) is 6.79 Å². The monoisotopic (exact) mass is 422 g/mol. The molecule has 1 aromatic rings. The van der Waals surface area contributed by atoms with Crippen molar-refractivity contribution in [1.82, 2.24) is 5.32 Å².